The molecule has 3 aromatic rings. The van der Waals surface area contributed by atoms with Gasteiger partial charge in [0, 0.05) is 18.1 Å². The molecule has 3 aromatic carbocycles. The maximum absolute atomic E-state index is 14.0. The van der Waals surface area contributed by atoms with Crippen LogP contribution in [0.25, 0.3) is 0 Å². The number of aryl methyl sites for hydroxylation is 1. The summed E-state index contributed by atoms with van der Waals surface area (Å²) in [6.45, 7) is 7.94. The molecular formula is C30H36ClN3O5S. The predicted molar refractivity (Wildman–Crippen MR) is 158 cm³/mol. The molecule has 0 spiro atoms. The number of hydrogen-bond donors (Lipinski definition) is 1. The molecule has 0 aromatic heterocycles. The maximum atomic E-state index is 14.0. The van der Waals surface area contributed by atoms with E-state index >= 15 is 0 Å². The fourth-order valence-corrected chi connectivity index (χ4v) is 5.78. The van der Waals surface area contributed by atoms with Crippen LogP contribution >= 0.6 is 11.6 Å². The van der Waals surface area contributed by atoms with Crippen molar-refractivity contribution in [2.24, 2.45) is 0 Å². The number of amides is 2. The SMILES string of the molecule is CCNC(=O)[C@@H](CC)N(Cc1ccc(C)cc1)C(=O)CN(c1ccc(OCC)cc1)S(=O)(=O)c1ccc(Cl)cc1. The second kappa shape index (κ2) is 14.2. The number of hydrogen-bond acceptors (Lipinski definition) is 5. The molecule has 0 aliphatic rings. The van der Waals surface area contributed by atoms with Crippen LogP contribution in [0.2, 0.25) is 5.02 Å². The topological polar surface area (TPSA) is 96.0 Å². The molecule has 0 bridgehead atoms. The molecule has 0 fully saturated rings. The molecule has 8 nitrogen and oxygen atoms in total. The molecule has 0 aliphatic carbocycles. The lowest BCUT2D eigenvalue weighted by Crippen LogP contribution is -2.52. The first-order valence-electron chi connectivity index (χ1n) is 13.2. The third-order valence-corrected chi connectivity index (χ3v) is 8.37. The monoisotopic (exact) mass is 585 g/mol. The molecule has 0 saturated carbocycles. The zero-order chi connectivity index (χ0) is 29.3. The Morgan fingerprint density at radius 3 is 2.10 bits per heavy atom. The standard InChI is InChI=1S/C30H36ClN3O5S/c1-5-28(30(36)32-6-2)33(20-23-10-8-22(4)9-11-23)29(35)21-34(25-14-16-26(17-15-25)39-7-3)40(37,38)27-18-12-24(31)13-19-27/h8-19,28H,5-7,20-21H2,1-4H3,(H,32,36)/t28-/m1/s1. The van der Waals surface area contributed by atoms with Gasteiger partial charge >= 0.3 is 0 Å². The summed E-state index contributed by atoms with van der Waals surface area (Å²) in [7, 11) is -4.18. The first-order chi connectivity index (χ1) is 19.1. The summed E-state index contributed by atoms with van der Waals surface area (Å²) in [5.41, 5.74) is 2.18. The van der Waals surface area contributed by atoms with Crippen LogP contribution < -0.4 is 14.4 Å². The van der Waals surface area contributed by atoms with E-state index < -0.39 is 28.5 Å². The van der Waals surface area contributed by atoms with Crippen molar-refractivity contribution in [2.45, 2.75) is 51.6 Å². The Morgan fingerprint density at radius 1 is 0.925 bits per heavy atom. The van der Waals surface area contributed by atoms with E-state index in [2.05, 4.69) is 5.32 Å². The summed E-state index contributed by atoms with van der Waals surface area (Å²) in [4.78, 5) is 28.4. The minimum absolute atomic E-state index is 0.0144. The molecule has 3 rings (SSSR count). The molecule has 10 heteroatoms. The van der Waals surface area contributed by atoms with Gasteiger partial charge in [-0.15, -0.1) is 0 Å². The molecular weight excluding hydrogens is 550 g/mol. The van der Waals surface area contributed by atoms with Gasteiger partial charge in [-0.1, -0.05) is 48.4 Å². The van der Waals surface area contributed by atoms with Crippen LogP contribution in [0.4, 0.5) is 5.69 Å². The largest absolute Gasteiger partial charge is 0.494 e. The number of nitrogens with one attached hydrogen (secondary N) is 1. The lowest BCUT2D eigenvalue weighted by Gasteiger charge is -2.33. The fourth-order valence-electron chi connectivity index (χ4n) is 4.24. The summed E-state index contributed by atoms with van der Waals surface area (Å²) in [5, 5.41) is 3.19. The van der Waals surface area contributed by atoms with Crippen molar-refractivity contribution in [1.82, 2.24) is 10.2 Å². The Bertz CT molecular complexity index is 1380. The molecule has 214 valence electrons. The van der Waals surface area contributed by atoms with Crippen molar-refractivity contribution in [2.75, 3.05) is 24.0 Å². The van der Waals surface area contributed by atoms with Gasteiger partial charge in [-0.05, 0) is 81.3 Å². The van der Waals surface area contributed by atoms with Crippen LogP contribution in [0, 0.1) is 6.92 Å². The van der Waals surface area contributed by atoms with Crippen molar-refractivity contribution < 1.29 is 22.7 Å². The molecule has 40 heavy (non-hydrogen) atoms. The first kappa shape index (κ1) is 31.0. The number of likely N-dealkylation sites (N-methyl/N-ethyl adjacent to an activating group) is 1. The van der Waals surface area contributed by atoms with E-state index in [0.717, 1.165) is 15.4 Å². The lowest BCUT2D eigenvalue weighted by molar-refractivity contribution is -0.140. The van der Waals surface area contributed by atoms with Gasteiger partial charge in [-0.2, -0.15) is 0 Å². The Hall–Kier alpha value is -3.56. The lowest BCUT2D eigenvalue weighted by atomic mass is 10.1. The smallest absolute Gasteiger partial charge is 0.264 e. The molecule has 0 saturated heterocycles. The second-order valence-corrected chi connectivity index (χ2v) is 11.5. The Labute approximate surface area is 241 Å². The molecule has 0 heterocycles. The Balaban J connectivity index is 2.05. The van der Waals surface area contributed by atoms with Crippen molar-refractivity contribution in [3.8, 4) is 5.75 Å². The van der Waals surface area contributed by atoms with Crippen molar-refractivity contribution >= 4 is 39.1 Å². The predicted octanol–water partition coefficient (Wildman–Crippen LogP) is 5.19. The number of rotatable bonds is 13. The summed E-state index contributed by atoms with van der Waals surface area (Å²) < 4.78 is 34.3. The van der Waals surface area contributed by atoms with Crippen LogP contribution in [0.1, 0.15) is 38.3 Å². The van der Waals surface area contributed by atoms with Gasteiger partial charge in [-0.25, -0.2) is 8.42 Å². The first-order valence-corrected chi connectivity index (χ1v) is 15.1. The number of benzene rings is 3. The maximum Gasteiger partial charge on any atom is 0.264 e. The normalized spacial score (nSPS) is 11.9. The van der Waals surface area contributed by atoms with E-state index in [1.54, 1.807) is 24.3 Å². The number of carbonyl (C=O) groups excluding carboxylic acids is 2. The number of ether oxygens (including phenoxy) is 1. The van der Waals surface area contributed by atoms with E-state index in [1.807, 2.05) is 52.0 Å². The van der Waals surface area contributed by atoms with Gasteiger partial charge in [0.1, 0.15) is 18.3 Å². The quantitative estimate of drug-likeness (QED) is 0.298. The zero-order valence-corrected chi connectivity index (χ0v) is 24.8. The van der Waals surface area contributed by atoms with Gasteiger partial charge in [0.15, 0.2) is 0 Å². The third kappa shape index (κ3) is 7.76. The van der Waals surface area contributed by atoms with Gasteiger partial charge in [0.2, 0.25) is 11.8 Å². The van der Waals surface area contributed by atoms with Crippen LogP contribution in [0.3, 0.4) is 0 Å². The molecule has 0 radical (unpaired) electrons. The van der Waals surface area contributed by atoms with Crippen LogP contribution in [0.5, 0.6) is 5.75 Å². The average molecular weight is 586 g/mol. The summed E-state index contributed by atoms with van der Waals surface area (Å²) in [6, 6.07) is 19.1. The molecule has 1 atom stereocenters. The highest BCUT2D eigenvalue weighted by atomic mass is 35.5. The van der Waals surface area contributed by atoms with Gasteiger partial charge in [0.25, 0.3) is 10.0 Å². The summed E-state index contributed by atoms with van der Waals surface area (Å²) in [5.74, 6) is -0.228. The number of nitrogens with zero attached hydrogens (tertiary/aromatic N) is 2. The van der Waals surface area contributed by atoms with E-state index in [0.29, 0.717) is 30.3 Å². The summed E-state index contributed by atoms with van der Waals surface area (Å²) >= 11 is 6.00. The minimum atomic E-state index is -4.18. The highest BCUT2D eigenvalue weighted by Gasteiger charge is 2.33. The highest BCUT2D eigenvalue weighted by molar-refractivity contribution is 7.92. The number of anilines is 1. The molecule has 0 aliphatic heterocycles. The Morgan fingerprint density at radius 2 is 1.55 bits per heavy atom. The molecule has 2 amide bonds. The van der Waals surface area contributed by atoms with Crippen LogP contribution in [-0.2, 0) is 26.2 Å². The van der Waals surface area contributed by atoms with Gasteiger partial charge < -0.3 is 15.0 Å². The van der Waals surface area contributed by atoms with Crippen molar-refractivity contribution in [1.29, 1.82) is 0 Å². The van der Waals surface area contributed by atoms with Crippen molar-refractivity contribution in [3.05, 3.63) is 88.9 Å². The fraction of sp³-hybridized carbons (Fsp3) is 0.333. The van der Waals surface area contributed by atoms with Crippen LogP contribution in [-0.4, -0.2) is 50.9 Å². The molecule has 0 unspecified atom stereocenters. The highest BCUT2D eigenvalue weighted by Crippen LogP contribution is 2.27. The van der Waals surface area contributed by atoms with E-state index in [1.165, 1.54) is 29.2 Å². The average Bonchev–Trinajstić information content (AvgIpc) is 2.93. The minimum Gasteiger partial charge on any atom is -0.494 e. The van der Waals surface area contributed by atoms with Crippen LogP contribution in [0.15, 0.2) is 77.7 Å². The van der Waals surface area contributed by atoms with E-state index in [4.69, 9.17) is 16.3 Å². The van der Waals surface area contributed by atoms with E-state index in [-0.39, 0.29) is 23.0 Å². The second-order valence-electron chi connectivity index (χ2n) is 9.22. The zero-order valence-electron chi connectivity index (χ0n) is 23.3. The van der Waals surface area contributed by atoms with Gasteiger partial charge in [-0.3, -0.25) is 13.9 Å². The van der Waals surface area contributed by atoms with Crippen molar-refractivity contribution in [3.63, 3.8) is 0 Å². The number of sulfonamides is 1. The van der Waals surface area contributed by atoms with Gasteiger partial charge in [0.05, 0.1) is 17.2 Å². The number of halogens is 1. The Kier molecular flexibility index (Phi) is 11.0. The third-order valence-electron chi connectivity index (χ3n) is 6.33. The molecule has 1 N–H and O–H groups in total. The number of carbonyl (C=O) groups is 2. The summed E-state index contributed by atoms with van der Waals surface area (Å²) in [6.07, 6.45) is 0.358. The van der Waals surface area contributed by atoms with E-state index in [9.17, 15) is 18.0 Å².